The first-order chi connectivity index (χ1) is 4.91. The Hall–Kier alpha value is -0.920. The lowest BCUT2D eigenvalue weighted by molar-refractivity contribution is -0.246. The molecule has 0 amide bonds. The molecule has 0 aromatic carbocycles. The van der Waals surface area contributed by atoms with Gasteiger partial charge in [0, 0.05) is 0 Å². The van der Waals surface area contributed by atoms with Crippen molar-refractivity contribution in [2.75, 3.05) is 13.2 Å². The minimum absolute atomic E-state index is 0.448. The van der Waals surface area contributed by atoms with E-state index in [0.717, 1.165) is 0 Å². The molecule has 0 heterocycles. The largest absolute Gasteiger partial charge is 0.279 e. The summed E-state index contributed by atoms with van der Waals surface area (Å²) in [5.41, 5.74) is 0. The second-order valence-electron chi connectivity index (χ2n) is 1.18. The third-order valence-corrected chi connectivity index (χ3v) is 0.479. The molecule has 0 bridgehead atoms. The molecule has 0 aliphatic rings. The van der Waals surface area contributed by atoms with Gasteiger partial charge >= 0.3 is 0 Å². The second kappa shape index (κ2) is 8.08. The summed E-state index contributed by atoms with van der Waals surface area (Å²) in [6, 6.07) is 0. The average Bonchev–Trinajstić information content (AvgIpc) is 1.97. The van der Waals surface area contributed by atoms with Crippen LogP contribution in [0, 0.1) is 12.2 Å². The first-order valence-corrected chi connectivity index (χ1v) is 2.98. The van der Waals surface area contributed by atoms with Gasteiger partial charge in [0.05, 0.1) is 13.2 Å². The summed E-state index contributed by atoms with van der Waals surface area (Å²) >= 11 is 0. The zero-order chi connectivity index (χ0) is 7.66. The quantitative estimate of drug-likeness (QED) is 0.255. The van der Waals surface area contributed by atoms with Crippen molar-refractivity contribution in [3.63, 3.8) is 0 Å². The highest BCUT2D eigenvalue weighted by Gasteiger charge is 1.75. The van der Waals surface area contributed by atoms with Crippen molar-refractivity contribution in [1.29, 1.82) is 0 Å². The molecule has 4 nitrogen and oxygen atoms in total. The molecule has 0 N–H and O–H groups in total. The van der Waals surface area contributed by atoms with E-state index in [0.29, 0.717) is 13.2 Å². The van der Waals surface area contributed by atoms with Gasteiger partial charge in [-0.05, 0) is 13.8 Å². The second-order valence-corrected chi connectivity index (χ2v) is 1.18. The first kappa shape index (κ1) is 9.08. The Morgan fingerprint density at radius 2 is 1.30 bits per heavy atom. The van der Waals surface area contributed by atoms with Crippen molar-refractivity contribution in [2.45, 2.75) is 13.8 Å². The predicted molar refractivity (Wildman–Crippen MR) is 33.2 cm³/mol. The van der Waals surface area contributed by atoms with Crippen molar-refractivity contribution >= 4 is 0 Å². The number of rotatable bonds is 4. The molecule has 0 aliphatic carbocycles. The van der Waals surface area contributed by atoms with Gasteiger partial charge < -0.3 is 0 Å². The Bertz CT molecular complexity index is 101. The lowest BCUT2D eigenvalue weighted by Crippen LogP contribution is -1.88. The fourth-order valence-electron chi connectivity index (χ4n) is 0.211. The highest BCUT2D eigenvalue weighted by atomic mass is 17.2. The summed E-state index contributed by atoms with van der Waals surface area (Å²) in [5, 5.41) is 0. The van der Waals surface area contributed by atoms with Gasteiger partial charge in [-0.3, -0.25) is 9.78 Å². The van der Waals surface area contributed by atoms with Crippen LogP contribution in [0.25, 0.3) is 0 Å². The Labute approximate surface area is 59.9 Å². The Morgan fingerprint density at radius 3 is 1.60 bits per heavy atom. The molecule has 0 unspecified atom stereocenters. The van der Waals surface area contributed by atoms with Gasteiger partial charge in [0.1, 0.15) is 0 Å². The summed E-state index contributed by atoms with van der Waals surface area (Å²) in [7, 11) is 0. The van der Waals surface area contributed by atoms with Crippen LogP contribution in [0.3, 0.4) is 0 Å². The predicted octanol–water partition coefficient (Wildman–Crippen LogP) is 0.841. The molecular weight excluding hydrogens is 136 g/mol. The SMILES string of the molecule is CCOOC#COOCC. The molecule has 0 saturated heterocycles. The monoisotopic (exact) mass is 146 g/mol. The molecule has 0 fully saturated rings. The minimum Gasteiger partial charge on any atom is -0.279 e. The van der Waals surface area contributed by atoms with Gasteiger partial charge in [0.2, 0.25) is 12.2 Å². The van der Waals surface area contributed by atoms with Crippen molar-refractivity contribution in [3.8, 4) is 12.2 Å². The highest BCUT2D eigenvalue weighted by molar-refractivity contribution is 4.77. The van der Waals surface area contributed by atoms with Crippen LogP contribution in [-0.2, 0) is 19.6 Å². The Kier molecular flexibility index (Phi) is 7.34. The van der Waals surface area contributed by atoms with Crippen LogP contribution in [0.4, 0.5) is 0 Å². The normalized spacial score (nSPS) is 7.80. The van der Waals surface area contributed by atoms with Crippen LogP contribution in [0.15, 0.2) is 0 Å². The summed E-state index contributed by atoms with van der Waals surface area (Å²) in [6.07, 6.45) is 4.20. The van der Waals surface area contributed by atoms with E-state index >= 15 is 0 Å². The van der Waals surface area contributed by atoms with Crippen molar-refractivity contribution < 1.29 is 19.6 Å². The summed E-state index contributed by atoms with van der Waals surface area (Å²) < 4.78 is 0. The molecule has 0 saturated carbocycles. The Balaban J connectivity index is 2.98. The van der Waals surface area contributed by atoms with Crippen LogP contribution in [0.1, 0.15) is 13.8 Å². The van der Waals surface area contributed by atoms with Crippen molar-refractivity contribution in [3.05, 3.63) is 0 Å². The number of hydrogen-bond acceptors (Lipinski definition) is 4. The summed E-state index contributed by atoms with van der Waals surface area (Å²) in [6.45, 7) is 4.46. The van der Waals surface area contributed by atoms with Gasteiger partial charge in [0.25, 0.3) is 0 Å². The molecule has 0 radical (unpaired) electrons. The fraction of sp³-hybridized carbons (Fsp3) is 0.667. The number of hydrogen-bond donors (Lipinski definition) is 0. The van der Waals surface area contributed by atoms with Gasteiger partial charge in [-0.25, -0.2) is 0 Å². The van der Waals surface area contributed by atoms with E-state index in [9.17, 15) is 0 Å². The van der Waals surface area contributed by atoms with Crippen LogP contribution in [-0.4, -0.2) is 13.2 Å². The average molecular weight is 146 g/mol. The lowest BCUT2D eigenvalue weighted by Gasteiger charge is -1.90. The zero-order valence-electron chi connectivity index (χ0n) is 6.05. The van der Waals surface area contributed by atoms with Gasteiger partial charge in [-0.2, -0.15) is 9.78 Å². The Morgan fingerprint density at radius 1 is 0.900 bits per heavy atom. The smallest absolute Gasteiger partial charge is 0.204 e. The van der Waals surface area contributed by atoms with E-state index in [2.05, 4.69) is 31.8 Å². The molecule has 0 spiro atoms. The van der Waals surface area contributed by atoms with Crippen LogP contribution in [0.2, 0.25) is 0 Å². The van der Waals surface area contributed by atoms with E-state index in [-0.39, 0.29) is 0 Å². The molecular formula is C6H10O4. The minimum atomic E-state index is 0.448. The maximum absolute atomic E-state index is 4.40. The van der Waals surface area contributed by atoms with Crippen LogP contribution in [0.5, 0.6) is 0 Å². The van der Waals surface area contributed by atoms with E-state index < -0.39 is 0 Å². The summed E-state index contributed by atoms with van der Waals surface area (Å²) in [5.74, 6) is 0. The van der Waals surface area contributed by atoms with Crippen molar-refractivity contribution in [1.82, 2.24) is 0 Å². The molecule has 4 heteroatoms. The first-order valence-electron chi connectivity index (χ1n) is 2.98. The van der Waals surface area contributed by atoms with Gasteiger partial charge in [-0.15, -0.1) is 0 Å². The van der Waals surface area contributed by atoms with Gasteiger partial charge in [0.15, 0.2) is 0 Å². The molecule has 0 rings (SSSR count). The van der Waals surface area contributed by atoms with E-state index in [1.165, 1.54) is 0 Å². The van der Waals surface area contributed by atoms with Crippen LogP contribution < -0.4 is 0 Å². The molecule has 0 aromatic heterocycles. The van der Waals surface area contributed by atoms with Gasteiger partial charge in [-0.1, -0.05) is 0 Å². The highest BCUT2D eigenvalue weighted by Crippen LogP contribution is 1.75. The van der Waals surface area contributed by atoms with Crippen molar-refractivity contribution in [2.24, 2.45) is 0 Å². The molecule has 58 valence electrons. The molecule has 0 aromatic rings. The molecule has 0 atom stereocenters. The lowest BCUT2D eigenvalue weighted by atomic mass is 10.9. The van der Waals surface area contributed by atoms with Crippen LogP contribution >= 0.6 is 0 Å². The topological polar surface area (TPSA) is 36.9 Å². The maximum Gasteiger partial charge on any atom is 0.204 e. The fourth-order valence-corrected chi connectivity index (χ4v) is 0.211. The third kappa shape index (κ3) is 7.08. The maximum atomic E-state index is 4.40. The molecule has 10 heavy (non-hydrogen) atoms. The zero-order valence-corrected chi connectivity index (χ0v) is 6.05. The molecule has 0 aliphatic heterocycles. The van der Waals surface area contributed by atoms with E-state index in [1.807, 2.05) is 0 Å². The third-order valence-electron chi connectivity index (χ3n) is 0.479. The standard InChI is InChI=1S/C6H10O4/c1-3-7-9-5-6-10-8-4-2/h3-4H2,1-2H3. The van der Waals surface area contributed by atoms with E-state index in [1.54, 1.807) is 13.8 Å². The summed E-state index contributed by atoms with van der Waals surface area (Å²) in [4.78, 5) is 17.3. The van der Waals surface area contributed by atoms with E-state index in [4.69, 9.17) is 0 Å².